The van der Waals surface area contributed by atoms with Gasteiger partial charge in [-0.25, -0.2) is 0 Å². The molecule has 4 heteroatoms. The Bertz CT molecular complexity index is 237. The number of carbonyl (C=O) groups is 2. The third-order valence-corrected chi connectivity index (χ3v) is 2.87. The second-order valence-electron chi connectivity index (χ2n) is 4.35. The maximum absolute atomic E-state index is 11.4. The van der Waals surface area contributed by atoms with Gasteiger partial charge in [0.05, 0.1) is 0 Å². The standard InChI is InChI=1S/C12H20O4/c13-11(14)8-5-7-10-6-3-1-2-4-9-12(15)16-10/h10H,1-9H2,(H,13,14). The molecule has 0 amide bonds. The summed E-state index contributed by atoms with van der Waals surface area (Å²) in [5.41, 5.74) is 0. The number of ether oxygens (including phenoxy) is 1. The highest BCUT2D eigenvalue weighted by molar-refractivity contribution is 5.69. The molecule has 0 aliphatic carbocycles. The molecule has 0 bridgehead atoms. The van der Waals surface area contributed by atoms with Crippen molar-refractivity contribution in [1.82, 2.24) is 0 Å². The van der Waals surface area contributed by atoms with Gasteiger partial charge in [-0.1, -0.05) is 12.8 Å². The average molecular weight is 228 g/mol. The van der Waals surface area contributed by atoms with Crippen LogP contribution >= 0.6 is 0 Å². The molecular weight excluding hydrogens is 208 g/mol. The maximum Gasteiger partial charge on any atom is 0.306 e. The quantitative estimate of drug-likeness (QED) is 0.751. The topological polar surface area (TPSA) is 63.6 Å². The minimum atomic E-state index is -0.783. The van der Waals surface area contributed by atoms with Gasteiger partial charge < -0.3 is 9.84 Å². The summed E-state index contributed by atoms with van der Waals surface area (Å²) in [4.78, 5) is 21.7. The molecule has 1 fully saturated rings. The lowest BCUT2D eigenvalue weighted by Crippen LogP contribution is -2.17. The molecule has 4 nitrogen and oxygen atoms in total. The first-order valence-corrected chi connectivity index (χ1v) is 6.10. The lowest BCUT2D eigenvalue weighted by atomic mass is 10.0. The van der Waals surface area contributed by atoms with Gasteiger partial charge in [-0.05, 0) is 32.1 Å². The molecule has 16 heavy (non-hydrogen) atoms. The van der Waals surface area contributed by atoms with Gasteiger partial charge in [0, 0.05) is 12.8 Å². The molecule has 1 atom stereocenters. The lowest BCUT2D eigenvalue weighted by molar-refractivity contribution is -0.149. The van der Waals surface area contributed by atoms with Crippen molar-refractivity contribution < 1.29 is 19.4 Å². The Hall–Kier alpha value is -1.06. The first-order chi connectivity index (χ1) is 7.68. The van der Waals surface area contributed by atoms with Crippen LogP contribution in [0.4, 0.5) is 0 Å². The molecule has 1 heterocycles. The molecular formula is C12H20O4. The number of carbonyl (C=O) groups excluding carboxylic acids is 1. The van der Waals surface area contributed by atoms with E-state index in [0.29, 0.717) is 19.3 Å². The Morgan fingerprint density at radius 2 is 2.06 bits per heavy atom. The number of carboxylic acids is 1. The van der Waals surface area contributed by atoms with Gasteiger partial charge in [0.1, 0.15) is 6.10 Å². The summed E-state index contributed by atoms with van der Waals surface area (Å²) >= 11 is 0. The molecule has 1 N–H and O–H groups in total. The minimum Gasteiger partial charge on any atom is -0.481 e. The normalized spacial score (nSPS) is 22.8. The van der Waals surface area contributed by atoms with Crippen molar-refractivity contribution in [3.63, 3.8) is 0 Å². The molecule has 0 saturated carbocycles. The van der Waals surface area contributed by atoms with Crippen molar-refractivity contribution in [3.8, 4) is 0 Å². The number of hydrogen-bond acceptors (Lipinski definition) is 3. The van der Waals surface area contributed by atoms with E-state index in [1.807, 2.05) is 0 Å². The molecule has 92 valence electrons. The van der Waals surface area contributed by atoms with Gasteiger partial charge in [0.2, 0.25) is 0 Å². The van der Waals surface area contributed by atoms with Crippen LogP contribution in [0.5, 0.6) is 0 Å². The fourth-order valence-electron chi connectivity index (χ4n) is 1.98. The highest BCUT2D eigenvalue weighted by atomic mass is 16.5. The largest absolute Gasteiger partial charge is 0.481 e. The molecule has 0 aromatic rings. The van der Waals surface area contributed by atoms with Crippen molar-refractivity contribution in [2.75, 3.05) is 0 Å². The van der Waals surface area contributed by atoms with Crippen LogP contribution in [0, 0.1) is 0 Å². The average Bonchev–Trinajstić information content (AvgIpc) is 2.30. The van der Waals surface area contributed by atoms with E-state index < -0.39 is 5.97 Å². The Balaban J connectivity index is 2.29. The van der Waals surface area contributed by atoms with E-state index in [1.54, 1.807) is 0 Å². The van der Waals surface area contributed by atoms with Crippen LogP contribution in [0.3, 0.4) is 0 Å². The number of cyclic esters (lactones) is 1. The Labute approximate surface area is 96.0 Å². The van der Waals surface area contributed by atoms with Gasteiger partial charge in [-0.2, -0.15) is 0 Å². The number of rotatable bonds is 4. The fourth-order valence-corrected chi connectivity index (χ4v) is 1.98. The fraction of sp³-hybridized carbons (Fsp3) is 0.833. The van der Waals surface area contributed by atoms with E-state index >= 15 is 0 Å². The minimum absolute atomic E-state index is 0.0649. The highest BCUT2D eigenvalue weighted by Crippen LogP contribution is 2.18. The highest BCUT2D eigenvalue weighted by Gasteiger charge is 2.16. The second kappa shape index (κ2) is 7.25. The van der Waals surface area contributed by atoms with Crippen LogP contribution in [0.25, 0.3) is 0 Å². The zero-order chi connectivity index (χ0) is 11.8. The molecule has 0 aromatic heterocycles. The Kier molecular flexibility index (Phi) is 5.90. The molecule has 1 unspecified atom stereocenters. The number of aliphatic carboxylic acids is 1. The maximum atomic E-state index is 11.4. The summed E-state index contributed by atoms with van der Waals surface area (Å²) in [6.45, 7) is 0. The monoisotopic (exact) mass is 228 g/mol. The van der Waals surface area contributed by atoms with E-state index in [1.165, 1.54) is 0 Å². The summed E-state index contributed by atoms with van der Waals surface area (Å²) in [7, 11) is 0. The van der Waals surface area contributed by atoms with Crippen molar-refractivity contribution in [3.05, 3.63) is 0 Å². The number of esters is 1. The molecule has 0 radical (unpaired) electrons. The van der Waals surface area contributed by atoms with Crippen LogP contribution in [0.15, 0.2) is 0 Å². The predicted octanol–water partition coefficient (Wildman–Crippen LogP) is 2.51. The van der Waals surface area contributed by atoms with Crippen LogP contribution < -0.4 is 0 Å². The Morgan fingerprint density at radius 3 is 2.81 bits per heavy atom. The van der Waals surface area contributed by atoms with E-state index in [9.17, 15) is 9.59 Å². The summed E-state index contributed by atoms with van der Waals surface area (Å²) in [6, 6.07) is 0. The zero-order valence-corrected chi connectivity index (χ0v) is 9.61. The van der Waals surface area contributed by atoms with Crippen LogP contribution in [0.1, 0.15) is 57.8 Å². The van der Waals surface area contributed by atoms with Gasteiger partial charge in [0.15, 0.2) is 0 Å². The van der Waals surface area contributed by atoms with E-state index in [0.717, 1.165) is 32.1 Å². The molecule has 1 aliphatic rings. The van der Waals surface area contributed by atoms with Gasteiger partial charge >= 0.3 is 11.9 Å². The van der Waals surface area contributed by atoms with Crippen molar-refractivity contribution in [2.24, 2.45) is 0 Å². The molecule has 0 spiro atoms. The predicted molar refractivity (Wildman–Crippen MR) is 59.1 cm³/mol. The van der Waals surface area contributed by atoms with E-state index in [4.69, 9.17) is 9.84 Å². The first kappa shape index (κ1) is 13.0. The van der Waals surface area contributed by atoms with Crippen molar-refractivity contribution >= 4 is 11.9 Å². The summed E-state index contributed by atoms with van der Waals surface area (Å²) in [6.07, 6.45) is 6.99. The summed E-state index contributed by atoms with van der Waals surface area (Å²) in [5, 5.41) is 8.53. The third kappa shape index (κ3) is 5.73. The van der Waals surface area contributed by atoms with Crippen LogP contribution in [0.2, 0.25) is 0 Å². The van der Waals surface area contributed by atoms with Crippen molar-refractivity contribution in [2.45, 2.75) is 63.9 Å². The zero-order valence-electron chi connectivity index (χ0n) is 9.61. The molecule has 1 aliphatic heterocycles. The summed E-state index contributed by atoms with van der Waals surface area (Å²) in [5.74, 6) is -0.906. The lowest BCUT2D eigenvalue weighted by Gasteiger charge is -2.16. The van der Waals surface area contributed by atoms with Gasteiger partial charge in [0.25, 0.3) is 0 Å². The van der Waals surface area contributed by atoms with E-state index in [-0.39, 0.29) is 18.5 Å². The molecule has 1 rings (SSSR count). The van der Waals surface area contributed by atoms with Crippen LogP contribution in [-0.4, -0.2) is 23.1 Å². The second-order valence-corrected chi connectivity index (χ2v) is 4.35. The first-order valence-electron chi connectivity index (χ1n) is 6.10. The smallest absolute Gasteiger partial charge is 0.306 e. The number of carboxylic acid groups (broad SMARTS) is 1. The van der Waals surface area contributed by atoms with Gasteiger partial charge in [-0.15, -0.1) is 0 Å². The molecule has 1 saturated heterocycles. The Morgan fingerprint density at radius 1 is 1.31 bits per heavy atom. The SMILES string of the molecule is O=C(O)CCCC1CCCCCCC(=O)O1. The molecule has 0 aromatic carbocycles. The summed E-state index contributed by atoms with van der Waals surface area (Å²) < 4.78 is 5.32. The third-order valence-electron chi connectivity index (χ3n) is 2.87. The van der Waals surface area contributed by atoms with Gasteiger partial charge in [-0.3, -0.25) is 9.59 Å². The number of hydrogen-bond donors (Lipinski definition) is 1. The van der Waals surface area contributed by atoms with E-state index in [2.05, 4.69) is 0 Å². The van der Waals surface area contributed by atoms with Crippen LogP contribution in [-0.2, 0) is 14.3 Å². The van der Waals surface area contributed by atoms with Crippen molar-refractivity contribution in [1.29, 1.82) is 0 Å².